The highest BCUT2D eigenvalue weighted by Crippen LogP contribution is 2.37. The summed E-state index contributed by atoms with van der Waals surface area (Å²) in [5.41, 5.74) is 2.83. The standard InChI is InChI=1S/C27H32N6O3S/c1-31-19-22(18-29-31)26-25-16-21(20-8-10-23(11-9-20)32-12-5-14-36-15-13-32)17-28-27(25)33(30-26)37(34,35)24-6-3-2-4-7-24/h2-4,6-7,16-20,23H,5,8-15H2,1H3/t20-,23-. The van der Waals surface area contributed by atoms with Crippen LogP contribution in [-0.4, -0.2) is 69.6 Å². The molecule has 2 fully saturated rings. The summed E-state index contributed by atoms with van der Waals surface area (Å²) in [7, 11) is -2.07. The number of aryl methyl sites for hydroxylation is 1. The van der Waals surface area contributed by atoms with E-state index in [-0.39, 0.29) is 4.90 Å². The molecule has 0 unspecified atom stereocenters. The summed E-state index contributed by atoms with van der Waals surface area (Å²) in [6.45, 7) is 3.83. The van der Waals surface area contributed by atoms with Gasteiger partial charge in [0.1, 0.15) is 5.69 Å². The molecule has 0 N–H and O–H groups in total. The molecule has 0 amide bonds. The molecule has 1 saturated carbocycles. The van der Waals surface area contributed by atoms with Gasteiger partial charge >= 0.3 is 0 Å². The van der Waals surface area contributed by atoms with Gasteiger partial charge in [0.25, 0.3) is 10.0 Å². The first-order valence-electron chi connectivity index (χ1n) is 13.0. The summed E-state index contributed by atoms with van der Waals surface area (Å²) >= 11 is 0. The Labute approximate surface area is 217 Å². The second-order valence-corrected chi connectivity index (χ2v) is 11.8. The molecule has 1 saturated heterocycles. The largest absolute Gasteiger partial charge is 0.380 e. The van der Waals surface area contributed by atoms with Gasteiger partial charge in [-0.2, -0.15) is 18.6 Å². The first kappa shape index (κ1) is 24.3. The molecule has 37 heavy (non-hydrogen) atoms. The maximum Gasteiger partial charge on any atom is 0.284 e. The Morgan fingerprint density at radius 2 is 1.81 bits per heavy atom. The number of rotatable bonds is 5. The molecule has 0 bridgehead atoms. The Hall–Kier alpha value is -3.08. The molecule has 2 aliphatic rings. The normalized spacial score (nSPS) is 21.8. The van der Waals surface area contributed by atoms with Gasteiger partial charge in [-0.15, -0.1) is 4.09 Å². The lowest BCUT2D eigenvalue weighted by Crippen LogP contribution is -2.39. The van der Waals surface area contributed by atoms with Crippen LogP contribution < -0.4 is 0 Å². The molecule has 3 aromatic heterocycles. The number of hydrogen-bond acceptors (Lipinski definition) is 7. The van der Waals surface area contributed by atoms with E-state index in [1.807, 2.05) is 19.4 Å². The van der Waals surface area contributed by atoms with Crippen LogP contribution in [0.1, 0.15) is 43.6 Å². The van der Waals surface area contributed by atoms with E-state index in [1.54, 1.807) is 41.2 Å². The minimum absolute atomic E-state index is 0.181. The smallest absolute Gasteiger partial charge is 0.284 e. The summed E-state index contributed by atoms with van der Waals surface area (Å²) in [6, 6.07) is 11.1. The minimum atomic E-state index is -3.91. The second-order valence-electron chi connectivity index (χ2n) is 10.1. The van der Waals surface area contributed by atoms with Crippen molar-refractivity contribution in [2.45, 2.75) is 49.0 Å². The third-order valence-corrected chi connectivity index (χ3v) is 9.28. The molecule has 0 spiro atoms. The molecule has 0 radical (unpaired) electrons. The number of fused-ring (bicyclic) bond motifs is 1. The number of benzene rings is 1. The zero-order chi connectivity index (χ0) is 25.4. The van der Waals surface area contributed by atoms with E-state index in [0.717, 1.165) is 79.0 Å². The van der Waals surface area contributed by atoms with Gasteiger partial charge in [0.2, 0.25) is 0 Å². The first-order valence-corrected chi connectivity index (χ1v) is 14.4. The van der Waals surface area contributed by atoms with Crippen LogP contribution in [0.3, 0.4) is 0 Å². The fourth-order valence-electron chi connectivity index (χ4n) is 5.74. The van der Waals surface area contributed by atoms with Crippen molar-refractivity contribution < 1.29 is 13.2 Å². The lowest BCUT2D eigenvalue weighted by atomic mass is 9.81. The Kier molecular flexibility index (Phi) is 6.56. The van der Waals surface area contributed by atoms with Crippen LogP contribution >= 0.6 is 0 Å². The summed E-state index contributed by atoms with van der Waals surface area (Å²) in [4.78, 5) is 7.47. The zero-order valence-electron chi connectivity index (χ0n) is 21.0. The number of pyridine rings is 1. The number of nitrogens with zero attached hydrogens (tertiary/aromatic N) is 6. The van der Waals surface area contributed by atoms with Crippen LogP contribution in [-0.2, 0) is 21.8 Å². The monoisotopic (exact) mass is 520 g/mol. The fraction of sp³-hybridized carbons (Fsp3) is 0.444. The quantitative estimate of drug-likeness (QED) is 0.395. The second kappa shape index (κ2) is 10.00. The fourth-order valence-corrected chi connectivity index (χ4v) is 7.00. The van der Waals surface area contributed by atoms with Crippen LogP contribution in [0.2, 0.25) is 0 Å². The van der Waals surface area contributed by atoms with Gasteiger partial charge < -0.3 is 4.74 Å². The van der Waals surface area contributed by atoms with Gasteiger partial charge in [0.05, 0.1) is 17.7 Å². The third-order valence-electron chi connectivity index (χ3n) is 7.70. The van der Waals surface area contributed by atoms with Gasteiger partial charge in [0, 0.05) is 56.1 Å². The number of hydrogen-bond donors (Lipinski definition) is 0. The van der Waals surface area contributed by atoms with E-state index in [9.17, 15) is 8.42 Å². The highest BCUT2D eigenvalue weighted by molar-refractivity contribution is 7.90. The lowest BCUT2D eigenvalue weighted by Gasteiger charge is -2.36. The maximum atomic E-state index is 13.5. The predicted molar refractivity (Wildman–Crippen MR) is 141 cm³/mol. The molecular formula is C27H32N6O3S. The van der Waals surface area contributed by atoms with Gasteiger partial charge in [-0.25, -0.2) is 4.98 Å². The highest BCUT2D eigenvalue weighted by Gasteiger charge is 2.29. The van der Waals surface area contributed by atoms with E-state index >= 15 is 0 Å². The summed E-state index contributed by atoms with van der Waals surface area (Å²) < 4.78 is 35.5. The van der Waals surface area contributed by atoms with Crippen molar-refractivity contribution in [3.05, 3.63) is 60.6 Å². The SMILES string of the molecule is Cn1cc(-c2nn(S(=O)(=O)c3ccccc3)c3ncc([C@H]4CC[C@H](N5CCCOCC5)CC4)cc23)cn1. The third kappa shape index (κ3) is 4.69. The van der Waals surface area contributed by atoms with Crippen molar-refractivity contribution in [1.82, 2.24) is 28.9 Å². The van der Waals surface area contributed by atoms with Crippen molar-refractivity contribution in [2.75, 3.05) is 26.3 Å². The Balaban J connectivity index is 1.34. The molecular weight excluding hydrogens is 488 g/mol. The predicted octanol–water partition coefficient (Wildman–Crippen LogP) is 3.82. The number of ether oxygens (including phenoxy) is 1. The molecule has 6 rings (SSSR count). The molecule has 4 aromatic rings. The van der Waals surface area contributed by atoms with Crippen molar-refractivity contribution in [1.29, 1.82) is 0 Å². The van der Waals surface area contributed by atoms with Crippen LogP contribution in [0, 0.1) is 0 Å². The van der Waals surface area contributed by atoms with Crippen molar-refractivity contribution >= 4 is 21.1 Å². The molecule has 10 heteroatoms. The van der Waals surface area contributed by atoms with Gasteiger partial charge in [-0.05, 0) is 61.8 Å². The van der Waals surface area contributed by atoms with Gasteiger partial charge in [-0.3, -0.25) is 9.58 Å². The molecule has 0 atom stereocenters. The van der Waals surface area contributed by atoms with E-state index in [1.165, 1.54) is 0 Å². The van der Waals surface area contributed by atoms with E-state index in [2.05, 4.69) is 26.1 Å². The van der Waals surface area contributed by atoms with E-state index < -0.39 is 10.0 Å². The van der Waals surface area contributed by atoms with Crippen molar-refractivity contribution in [3.8, 4) is 11.3 Å². The Morgan fingerprint density at radius 3 is 2.57 bits per heavy atom. The summed E-state index contributed by atoms with van der Waals surface area (Å²) in [5.74, 6) is 0.396. The van der Waals surface area contributed by atoms with Crippen LogP contribution in [0.4, 0.5) is 0 Å². The Morgan fingerprint density at radius 1 is 1.00 bits per heavy atom. The average Bonchev–Trinajstić information content (AvgIpc) is 3.42. The molecule has 1 aliphatic heterocycles. The summed E-state index contributed by atoms with van der Waals surface area (Å²) in [6.07, 6.45) is 11.0. The minimum Gasteiger partial charge on any atom is -0.380 e. The molecule has 9 nitrogen and oxygen atoms in total. The van der Waals surface area contributed by atoms with Gasteiger partial charge in [-0.1, -0.05) is 18.2 Å². The molecule has 1 aromatic carbocycles. The lowest BCUT2D eigenvalue weighted by molar-refractivity contribution is 0.118. The molecule has 1 aliphatic carbocycles. The molecule has 4 heterocycles. The van der Waals surface area contributed by atoms with Crippen LogP contribution in [0.5, 0.6) is 0 Å². The zero-order valence-corrected chi connectivity index (χ0v) is 21.8. The maximum absolute atomic E-state index is 13.5. The van der Waals surface area contributed by atoms with Gasteiger partial charge in [0.15, 0.2) is 5.65 Å². The van der Waals surface area contributed by atoms with E-state index in [4.69, 9.17) is 4.74 Å². The van der Waals surface area contributed by atoms with Crippen LogP contribution in [0.25, 0.3) is 22.3 Å². The summed E-state index contributed by atoms with van der Waals surface area (Å²) in [5, 5.41) is 9.60. The molecule has 194 valence electrons. The van der Waals surface area contributed by atoms with Crippen molar-refractivity contribution in [3.63, 3.8) is 0 Å². The number of aromatic nitrogens is 5. The average molecular weight is 521 g/mol. The van der Waals surface area contributed by atoms with Crippen molar-refractivity contribution in [2.24, 2.45) is 7.05 Å². The topological polar surface area (TPSA) is 95.1 Å². The van der Waals surface area contributed by atoms with Crippen LogP contribution in [0.15, 0.2) is 59.9 Å². The first-order chi connectivity index (χ1) is 18.0. The van der Waals surface area contributed by atoms with E-state index in [0.29, 0.717) is 23.3 Å². The highest BCUT2D eigenvalue weighted by atomic mass is 32.2. The Bertz CT molecular complexity index is 1480.